The highest BCUT2D eigenvalue weighted by Crippen LogP contribution is 2.41. The number of halogens is 2. The van der Waals surface area contributed by atoms with Crippen molar-refractivity contribution in [3.63, 3.8) is 0 Å². The number of fused-ring (bicyclic) bond motifs is 1. The number of oxazole rings is 1. The van der Waals surface area contributed by atoms with Crippen LogP contribution in [0.15, 0.2) is 33.8 Å². The van der Waals surface area contributed by atoms with Gasteiger partial charge in [0.2, 0.25) is 0 Å². The number of aromatic nitrogens is 1. The lowest BCUT2D eigenvalue weighted by Crippen LogP contribution is -2.26. The molecule has 0 spiro atoms. The molecule has 2 heterocycles. The van der Waals surface area contributed by atoms with Gasteiger partial charge in [0.05, 0.1) is 11.9 Å². The predicted molar refractivity (Wildman–Crippen MR) is 80.8 cm³/mol. The molecule has 2 aromatic rings. The number of aryl methyl sites for hydroxylation is 1. The summed E-state index contributed by atoms with van der Waals surface area (Å²) >= 11 is 5.13. The first-order valence-corrected chi connectivity index (χ1v) is 7.01. The first kappa shape index (κ1) is 15.5. The zero-order valence-electron chi connectivity index (χ0n) is 12.5. The molecule has 1 aromatic carbocycles. The third kappa shape index (κ3) is 3.04. The van der Waals surface area contributed by atoms with Crippen molar-refractivity contribution in [2.45, 2.75) is 13.2 Å². The first-order valence-electron chi connectivity index (χ1n) is 6.60. The van der Waals surface area contributed by atoms with E-state index in [0.29, 0.717) is 16.6 Å². The summed E-state index contributed by atoms with van der Waals surface area (Å²) in [7, 11) is 3.52. The number of hydrogen-bond donors (Lipinski definition) is 0. The van der Waals surface area contributed by atoms with Gasteiger partial charge >= 0.3 is 12.0 Å². The Morgan fingerprint density at radius 3 is 2.65 bits per heavy atom. The number of benzene rings is 1. The van der Waals surface area contributed by atoms with Gasteiger partial charge in [-0.15, -0.1) is 8.78 Å². The minimum atomic E-state index is -3.66. The SMILES string of the molecule is Cc1cn(-c2ccc3c(c2)OC(F)(F)O3)/c(=N/C(=S)N(C)C)o1. The zero-order chi connectivity index (χ0) is 16.8. The topological polar surface area (TPSA) is 52.1 Å². The van der Waals surface area contributed by atoms with Crippen molar-refractivity contribution in [1.29, 1.82) is 0 Å². The maximum Gasteiger partial charge on any atom is 0.586 e. The highest BCUT2D eigenvalue weighted by molar-refractivity contribution is 7.80. The van der Waals surface area contributed by atoms with Gasteiger partial charge in [-0.05, 0) is 31.3 Å². The second kappa shape index (κ2) is 5.34. The van der Waals surface area contributed by atoms with Gasteiger partial charge < -0.3 is 18.8 Å². The van der Waals surface area contributed by atoms with Crippen LogP contribution >= 0.6 is 12.2 Å². The van der Waals surface area contributed by atoms with Crippen molar-refractivity contribution in [2.24, 2.45) is 4.99 Å². The van der Waals surface area contributed by atoms with Crippen LogP contribution in [0.3, 0.4) is 0 Å². The number of ether oxygens (including phenoxy) is 2. The lowest BCUT2D eigenvalue weighted by Gasteiger charge is -2.08. The fourth-order valence-corrected chi connectivity index (χ4v) is 2.07. The van der Waals surface area contributed by atoms with Gasteiger partial charge in [0, 0.05) is 20.2 Å². The van der Waals surface area contributed by atoms with E-state index in [1.807, 2.05) is 0 Å². The maximum atomic E-state index is 13.1. The Kier molecular flexibility index (Phi) is 3.59. The van der Waals surface area contributed by atoms with E-state index in [1.54, 1.807) is 42.7 Å². The van der Waals surface area contributed by atoms with Gasteiger partial charge in [-0.3, -0.25) is 4.57 Å². The van der Waals surface area contributed by atoms with Gasteiger partial charge in [0.1, 0.15) is 5.76 Å². The van der Waals surface area contributed by atoms with Crippen LogP contribution < -0.4 is 15.2 Å². The molecule has 6 nitrogen and oxygen atoms in total. The Labute approximate surface area is 135 Å². The van der Waals surface area contributed by atoms with E-state index >= 15 is 0 Å². The number of hydrogen-bond acceptors (Lipinski definition) is 4. The number of alkyl halides is 2. The average molecular weight is 341 g/mol. The molecule has 1 aliphatic heterocycles. The minimum absolute atomic E-state index is 0.0260. The molecule has 0 aliphatic carbocycles. The van der Waals surface area contributed by atoms with Crippen LogP contribution in [0.4, 0.5) is 8.78 Å². The van der Waals surface area contributed by atoms with Crippen LogP contribution in [-0.4, -0.2) is 35.0 Å². The predicted octanol–water partition coefficient (Wildman–Crippen LogP) is 2.45. The Bertz CT molecular complexity index is 842. The molecule has 1 aliphatic rings. The summed E-state index contributed by atoms with van der Waals surface area (Å²) in [5.41, 5.74) is 0.758. The quantitative estimate of drug-likeness (QED) is 0.746. The van der Waals surface area contributed by atoms with Gasteiger partial charge in [-0.25, -0.2) is 0 Å². The average Bonchev–Trinajstić information content (AvgIpc) is 2.95. The highest BCUT2D eigenvalue weighted by Gasteiger charge is 2.43. The van der Waals surface area contributed by atoms with Crippen molar-refractivity contribution in [1.82, 2.24) is 9.47 Å². The van der Waals surface area contributed by atoms with Crippen LogP contribution in [0.25, 0.3) is 5.69 Å². The zero-order valence-corrected chi connectivity index (χ0v) is 13.4. The largest absolute Gasteiger partial charge is 0.586 e. The smallest absolute Gasteiger partial charge is 0.428 e. The monoisotopic (exact) mass is 341 g/mol. The maximum absolute atomic E-state index is 13.1. The molecule has 9 heteroatoms. The normalized spacial score (nSPS) is 15.8. The van der Waals surface area contributed by atoms with Crippen LogP contribution in [0.5, 0.6) is 11.5 Å². The van der Waals surface area contributed by atoms with Gasteiger partial charge in [0.15, 0.2) is 16.6 Å². The first-order chi connectivity index (χ1) is 10.7. The summed E-state index contributed by atoms with van der Waals surface area (Å²) in [4.78, 5) is 5.86. The molecule has 0 bridgehead atoms. The van der Waals surface area contributed by atoms with Crippen molar-refractivity contribution in [3.05, 3.63) is 35.8 Å². The summed E-state index contributed by atoms with van der Waals surface area (Å²) in [6.45, 7) is 1.75. The molecule has 3 rings (SSSR count). The van der Waals surface area contributed by atoms with Crippen molar-refractivity contribution in [3.8, 4) is 17.2 Å². The molecular formula is C14H13F2N3O3S. The molecule has 0 amide bonds. The molecule has 0 saturated heterocycles. The molecule has 23 heavy (non-hydrogen) atoms. The Morgan fingerprint density at radius 2 is 1.96 bits per heavy atom. The van der Waals surface area contributed by atoms with Crippen molar-refractivity contribution in [2.75, 3.05) is 14.1 Å². The fraction of sp³-hybridized carbons (Fsp3) is 0.286. The Morgan fingerprint density at radius 1 is 1.26 bits per heavy atom. The van der Waals surface area contributed by atoms with Crippen LogP contribution in [0.1, 0.15) is 5.76 Å². The third-order valence-corrected chi connectivity index (χ3v) is 3.46. The fourth-order valence-electron chi connectivity index (χ4n) is 1.99. The van der Waals surface area contributed by atoms with Gasteiger partial charge in [-0.1, -0.05) is 0 Å². The van der Waals surface area contributed by atoms with Crippen molar-refractivity contribution >= 4 is 17.3 Å². The lowest BCUT2D eigenvalue weighted by atomic mass is 10.3. The number of thiocarbonyl (C=S) groups is 1. The highest BCUT2D eigenvalue weighted by atomic mass is 32.1. The van der Waals surface area contributed by atoms with E-state index in [4.69, 9.17) is 16.6 Å². The van der Waals surface area contributed by atoms with E-state index in [1.165, 1.54) is 12.1 Å². The molecular weight excluding hydrogens is 328 g/mol. The second-order valence-electron chi connectivity index (χ2n) is 5.08. The summed E-state index contributed by atoms with van der Waals surface area (Å²) in [5, 5.41) is 0.320. The van der Waals surface area contributed by atoms with Crippen LogP contribution in [0, 0.1) is 6.92 Å². The molecule has 0 saturated carbocycles. The molecule has 0 fully saturated rings. The van der Waals surface area contributed by atoms with E-state index in [0.717, 1.165) is 0 Å². The molecule has 0 radical (unpaired) electrons. The summed E-state index contributed by atoms with van der Waals surface area (Å²) < 4.78 is 42.1. The number of rotatable bonds is 1. The summed E-state index contributed by atoms with van der Waals surface area (Å²) in [6.07, 6.45) is -1.98. The lowest BCUT2D eigenvalue weighted by molar-refractivity contribution is -0.286. The Balaban J connectivity index is 2.06. The van der Waals surface area contributed by atoms with Crippen LogP contribution in [-0.2, 0) is 0 Å². The third-order valence-electron chi connectivity index (χ3n) is 3.01. The van der Waals surface area contributed by atoms with Crippen LogP contribution in [0.2, 0.25) is 0 Å². The molecule has 0 atom stereocenters. The van der Waals surface area contributed by atoms with E-state index < -0.39 is 6.29 Å². The van der Waals surface area contributed by atoms with Gasteiger partial charge in [0.25, 0.3) is 0 Å². The molecule has 1 aromatic heterocycles. The van der Waals surface area contributed by atoms with Gasteiger partial charge in [-0.2, -0.15) is 4.99 Å². The minimum Gasteiger partial charge on any atom is -0.428 e. The van der Waals surface area contributed by atoms with Crippen molar-refractivity contribution < 1.29 is 22.7 Å². The summed E-state index contributed by atoms with van der Waals surface area (Å²) in [6, 6.07) is 4.41. The number of nitrogens with zero attached hydrogens (tertiary/aromatic N) is 3. The second-order valence-corrected chi connectivity index (χ2v) is 5.45. The summed E-state index contributed by atoms with van der Waals surface area (Å²) in [5.74, 6) is 0.509. The molecule has 122 valence electrons. The van der Waals surface area contributed by atoms with E-state index in [2.05, 4.69) is 14.5 Å². The van der Waals surface area contributed by atoms with E-state index in [-0.39, 0.29) is 17.2 Å². The Hall–Kier alpha value is -2.42. The molecule has 0 N–H and O–H groups in total. The van der Waals surface area contributed by atoms with E-state index in [9.17, 15) is 8.78 Å². The molecule has 0 unspecified atom stereocenters. The standard InChI is InChI=1S/C14H13F2N3O3S/c1-8-7-19(12(20-8)17-13(23)18(2)3)9-4-5-10-11(6-9)22-14(15,16)21-10/h4-7H,1-3H3/b17-12-.